The van der Waals surface area contributed by atoms with Crippen molar-refractivity contribution < 1.29 is 0 Å². The van der Waals surface area contributed by atoms with Crippen LogP contribution < -0.4 is 0 Å². The molecule has 0 saturated heterocycles. The van der Waals surface area contributed by atoms with Crippen molar-refractivity contribution in [3.8, 4) is 0 Å². The third-order valence-electron chi connectivity index (χ3n) is 4.21. The van der Waals surface area contributed by atoms with E-state index in [-0.39, 0.29) is 0 Å². The third kappa shape index (κ3) is 3.79. The Balaban J connectivity index is 1.87. The van der Waals surface area contributed by atoms with Crippen LogP contribution in [0.2, 0.25) is 0 Å². The van der Waals surface area contributed by atoms with Gasteiger partial charge in [0.2, 0.25) is 0 Å². The van der Waals surface area contributed by atoms with Crippen molar-refractivity contribution in [2.75, 3.05) is 7.05 Å². The van der Waals surface area contributed by atoms with Gasteiger partial charge in [-0.2, -0.15) is 0 Å². The highest BCUT2D eigenvalue weighted by molar-refractivity contribution is 9.10. The van der Waals surface area contributed by atoms with E-state index < -0.39 is 0 Å². The summed E-state index contributed by atoms with van der Waals surface area (Å²) in [6.45, 7) is 3.33. The Hall–Kier alpha value is -0.410. The van der Waals surface area contributed by atoms with Gasteiger partial charge >= 0.3 is 0 Å². The average Bonchev–Trinajstić information content (AvgIpc) is 2.39. The van der Waals surface area contributed by atoms with Gasteiger partial charge in [0.25, 0.3) is 0 Å². The number of hydrogen-bond donors (Lipinski definition) is 0. The molecular weight excluding hydrogens is 288 g/mol. The summed E-state index contributed by atoms with van der Waals surface area (Å²) in [4.78, 5) is 6.73. The minimum absolute atomic E-state index is 0.756. The molecule has 1 fully saturated rings. The Labute approximate surface area is 119 Å². The van der Waals surface area contributed by atoms with Gasteiger partial charge in [0.05, 0.1) is 0 Å². The summed E-state index contributed by atoms with van der Waals surface area (Å²) in [6, 6.07) is 2.92. The SMILES string of the molecule is CCC1CCC(N(C)Cc2cncc(Br)c2)CC1. The molecule has 0 aromatic carbocycles. The van der Waals surface area contributed by atoms with Gasteiger partial charge in [0.1, 0.15) is 0 Å². The normalized spacial score (nSPS) is 24.4. The number of halogens is 1. The summed E-state index contributed by atoms with van der Waals surface area (Å²) < 4.78 is 1.07. The van der Waals surface area contributed by atoms with Crippen LogP contribution in [-0.4, -0.2) is 23.0 Å². The first kappa shape index (κ1) is 14.0. The van der Waals surface area contributed by atoms with Crippen molar-refractivity contribution in [2.24, 2.45) is 5.92 Å². The minimum Gasteiger partial charge on any atom is -0.299 e. The van der Waals surface area contributed by atoms with Crippen molar-refractivity contribution in [3.05, 3.63) is 28.5 Å². The highest BCUT2D eigenvalue weighted by atomic mass is 79.9. The van der Waals surface area contributed by atoms with Gasteiger partial charge in [0.15, 0.2) is 0 Å². The molecule has 0 bridgehead atoms. The second kappa shape index (κ2) is 6.67. The first-order valence-corrected chi connectivity index (χ1v) is 7.78. The molecule has 0 unspecified atom stereocenters. The fraction of sp³-hybridized carbons (Fsp3) is 0.667. The van der Waals surface area contributed by atoms with Gasteiger partial charge < -0.3 is 0 Å². The predicted octanol–water partition coefficient (Wildman–Crippen LogP) is 4.24. The standard InChI is InChI=1S/C15H23BrN2/c1-3-12-4-6-15(7-5-12)18(2)11-13-8-14(16)10-17-9-13/h8-10,12,15H,3-7,11H2,1-2H3. The first-order valence-electron chi connectivity index (χ1n) is 6.98. The van der Waals surface area contributed by atoms with Crippen molar-refractivity contribution in [3.63, 3.8) is 0 Å². The Bertz CT molecular complexity index is 373. The van der Waals surface area contributed by atoms with Gasteiger partial charge in [0, 0.05) is 29.5 Å². The van der Waals surface area contributed by atoms with Crippen LogP contribution in [0, 0.1) is 5.92 Å². The molecule has 100 valence electrons. The van der Waals surface area contributed by atoms with Crippen molar-refractivity contribution in [2.45, 2.75) is 51.6 Å². The van der Waals surface area contributed by atoms with Gasteiger partial charge in [-0.15, -0.1) is 0 Å². The Morgan fingerprint density at radius 3 is 2.61 bits per heavy atom. The molecular formula is C15H23BrN2. The van der Waals surface area contributed by atoms with Crippen LogP contribution in [0.25, 0.3) is 0 Å². The molecule has 1 aromatic rings. The molecule has 0 radical (unpaired) electrons. The molecule has 2 nitrogen and oxygen atoms in total. The van der Waals surface area contributed by atoms with Crippen LogP contribution in [-0.2, 0) is 6.54 Å². The third-order valence-corrected chi connectivity index (χ3v) is 4.64. The lowest BCUT2D eigenvalue weighted by atomic mass is 9.84. The smallest absolute Gasteiger partial charge is 0.0410 e. The first-order chi connectivity index (χ1) is 8.69. The fourth-order valence-corrected chi connectivity index (χ4v) is 3.37. The summed E-state index contributed by atoms with van der Waals surface area (Å²) in [6.07, 6.45) is 10.7. The summed E-state index contributed by atoms with van der Waals surface area (Å²) >= 11 is 3.48. The quantitative estimate of drug-likeness (QED) is 0.826. The van der Waals surface area contributed by atoms with Crippen LogP contribution in [0.5, 0.6) is 0 Å². The lowest BCUT2D eigenvalue weighted by Gasteiger charge is -2.34. The molecule has 0 amide bonds. The van der Waals surface area contributed by atoms with Crippen LogP contribution in [0.3, 0.4) is 0 Å². The number of hydrogen-bond acceptors (Lipinski definition) is 2. The number of aromatic nitrogens is 1. The zero-order chi connectivity index (χ0) is 13.0. The minimum atomic E-state index is 0.756. The molecule has 1 saturated carbocycles. The Kier molecular flexibility index (Phi) is 5.19. The van der Waals surface area contributed by atoms with Crippen LogP contribution in [0.4, 0.5) is 0 Å². The fourth-order valence-electron chi connectivity index (χ4n) is 2.95. The molecule has 0 spiro atoms. The second-order valence-corrected chi connectivity index (χ2v) is 6.42. The van der Waals surface area contributed by atoms with E-state index in [9.17, 15) is 0 Å². The summed E-state index contributed by atoms with van der Waals surface area (Å²) in [5.41, 5.74) is 1.30. The lowest BCUT2D eigenvalue weighted by molar-refractivity contribution is 0.157. The number of nitrogens with zero attached hydrogens (tertiary/aromatic N) is 2. The van der Waals surface area contributed by atoms with E-state index in [4.69, 9.17) is 0 Å². The van der Waals surface area contributed by atoms with E-state index in [2.05, 4.69) is 45.9 Å². The van der Waals surface area contributed by atoms with E-state index in [0.29, 0.717) is 0 Å². The topological polar surface area (TPSA) is 16.1 Å². The Morgan fingerprint density at radius 1 is 1.28 bits per heavy atom. The maximum atomic E-state index is 4.23. The number of rotatable bonds is 4. The molecule has 1 aliphatic rings. The molecule has 2 rings (SSSR count). The van der Waals surface area contributed by atoms with E-state index in [0.717, 1.165) is 23.0 Å². The van der Waals surface area contributed by atoms with Crippen molar-refractivity contribution in [1.29, 1.82) is 0 Å². The van der Waals surface area contributed by atoms with Gasteiger partial charge in [-0.1, -0.05) is 13.3 Å². The Morgan fingerprint density at radius 2 is 2.00 bits per heavy atom. The monoisotopic (exact) mass is 310 g/mol. The predicted molar refractivity (Wildman–Crippen MR) is 79.4 cm³/mol. The zero-order valence-corrected chi connectivity index (χ0v) is 13.0. The van der Waals surface area contributed by atoms with E-state index in [1.54, 1.807) is 0 Å². The highest BCUT2D eigenvalue weighted by Crippen LogP contribution is 2.29. The maximum Gasteiger partial charge on any atom is 0.0410 e. The molecule has 1 heterocycles. The average molecular weight is 311 g/mol. The van der Waals surface area contributed by atoms with E-state index in [1.807, 2.05) is 12.4 Å². The maximum absolute atomic E-state index is 4.23. The van der Waals surface area contributed by atoms with Gasteiger partial charge in [-0.05, 0) is 66.2 Å². The van der Waals surface area contributed by atoms with Crippen LogP contribution in [0.1, 0.15) is 44.6 Å². The largest absolute Gasteiger partial charge is 0.299 e. The van der Waals surface area contributed by atoms with Crippen molar-refractivity contribution >= 4 is 15.9 Å². The number of pyridine rings is 1. The molecule has 0 N–H and O–H groups in total. The molecule has 18 heavy (non-hydrogen) atoms. The molecule has 0 aliphatic heterocycles. The summed E-state index contributed by atoms with van der Waals surface area (Å²) in [5, 5.41) is 0. The van der Waals surface area contributed by atoms with E-state index in [1.165, 1.54) is 37.7 Å². The van der Waals surface area contributed by atoms with Crippen LogP contribution >= 0.6 is 15.9 Å². The van der Waals surface area contributed by atoms with E-state index >= 15 is 0 Å². The molecule has 0 atom stereocenters. The van der Waals surface area contributed by atoms with Gasteiger partial charge in [-0.25, -0.2) is 0 Å². The summed E-state index contributed by atoms with van der Waals surface area (Å²) in [5.74, 6) is 0.974. The second-order valence-electron chi connectivity index (χ2n) is 5.51. The molecule has 1 aromatic heterocycles. The zero-order valence-electron chi connectivity index (χ0n) is 11.4. The van der Waals surface area contributed by atoms with Crippen molar-refractivity contribution in [1.82, 2.24) is 9.88 Å². The highest BCUT2D eigenvalue weighted by Gasteiger charge is 2.22. The molecule has 3 heteroatoms. The van der Waals surface area contributed by atoms with Crippen LogP contribution in [0.15, 0.2) is 22.9 Å². The van der Waals surface area contributed by atoms with Gasteiger partial charge in [-0.3, -0.25) is 9.88 Å². The lowest BCUT2D eigenvalue weighted by Crippen LogP contribution is -2.34. The molecule has 1 aliphatic carbocycles. The summed E-state index contributed by atoms with van der Waals surface area (Å²) in [7, 11) is 2.25.